The predicted octanol–water partition coefficient (Wildman–Crippen LogP) is 8.47. The molecule has 0 fully saturated rings. The van der Waals surface area contributed by atoms with E-state index in [4.69, 9.17) is 9.97 Å². The standard InChI is InChI=1S/C33H21N3/c1-20-19-28(21-11-3-2-4-12-21)36-32(20)30-25-16-8-6-14-23(25)22-13-5-7-15-24(22)29(30)31-33(36)35-27-18-10-9-17-26(27)34-31/h2-19H,1H3. The van der Waals surface area contributed by atoms with Crippen LogP contribution < -0.4 is 0 Å². The highest BCUT2D eigenvalue weighted by molar-refractivity contribution is 6.34. The van der Waals surface area contributed by atoms with Gasteiger partial charge in [0.15, 0.2) is 5.65 Å². The van der Waals surface area contributed by atoms with E-state index in [-0.39, 0.29) is 0 Å². The number of hydrogen-bond acceptors (Lipinski definition) is 2. The molecule has 0 N–H and O–H groups in total. The minimum absolute atomic E-state index is 0.892. The van der Waals surface area contributed by atoms with Crippen LogP contribution >= 0.6 is 0 Å². The molecule has 0 unspecified atom stereocenters. The second-order valence-corrected chi connectivity index (χ2v) is 9.49. The summed E-state index contributed by atoms with van der Waals surface area (Å²) in [5.41, 5.74) is 8.38. The summed E-state index contributed by atoms with van der Waals surface area (Å²) in [6.07, 6.45) is 0. The third-order valence-corrected chi connectivity index (χ3v) is 7.43. The molecular weight excluding hydrogens is 438 g/mol. The van der Waals surface area contributed by atoms with E-state index in [1.54, 1.807) is 0 Å². The number of nitrogens with zero attached hydrogens (tertiary/aromatic N) is 3. The van der Waals surface area contributed by atoms with Crippen LogP contribution in [0.15, 0.2) is 109 Å². The number of benzene rings is 5. The fraction of sp³-hybridized carbons (Fsp3) is 0.0303. The maximum Gasteiger partial charge on any atom is 0.165 e. The van der Waals surface area contributed by atoms with Crippen LogP contribution in [0.1, 0.15) is 5.56 Å². The van der Waals surface area contributed by atoms with Gasteiger partial charge in [-0.15, -0.1) is 0 Å². The average Bonchev–Trinajstić information content (AvgIpc) is 3.29. The van der Waals surface area contributed by atoms with E-state index in [0.29, 0.717) is 0 Å². The third-order valence-electron chi connectivity index (χ3n) is 7.43. The van der Waals surface area contributed by atoms with E-state index in [0.717, 1.165) is 27.9 Å². The normalized spacial score (nSPS) is 12.0. The fourth-order valence-corrected chi connectivity index (χ4v) is 5.93. The van der Waals surface area contributed by atoms with Crippen molar-refractivity contribution in [1.29, 1.82) is 0 Å². The molecule has 0 saturated heterocycles. The van der Waals surface area contributed by atoms with Crippen molar-refractivity contribution in [3.63, 3.8) is 0 Å². The van der Waals surface area contributed by atoms with Crippen LogP contribution in [0.4, 0.5) is 0 Å². The van der Waals surface area contributed by atoms with Gasteiger partial charge >= 0.3 is 0 Å². The van der Waals surface area contributed by atoms with Gasteiger partial charge in [0.2, 0.25) is 0 Å². The highest BCUT2D eigenvalue weighted by Crippen LogP contribution is 2.43. The number of aryl methyl sites for hydroxylation is 1. The Labute approximate surface area is 207 Å². The minimum Gasteiger partial charge on any atom is -0.292 e. The Bertz CT molecular complexity index is 2150. The van der Waals surface area contributed by atoms with Crippen molar-refractivity contribution in [2.24, 2.45) is 0 Å². The molecule has 0 aliphatic heterocycles. The number of pyridine rings is 1. The van der Waals surface area contributed by atoms with Gasteiger partial charge in [-0.1, -0.05) is 91.0 Å². The van der Waals surface area contributed by atoms with E-state index in [2.05, 4.69) is 108 Å². The van der Waals surface area contributed by atoms with Crippen molar-refractivity contribution in [2.45, 2.75) is 6.92 Å². The lowest BCUT2D eigenvalue weighted by atomic mass is 9.93. The van der Waals surface area contributed by atoms with Crippen LogP contribution in [-0.4, -0.2) is 14.4 Å². The molecule has 5 aromatic carbocycles. The van der Waals surface area contributed by atoms with Gasteiger partial charge in [-0.05, 0) is 57.8 Å². The van der Waals surface area contributed by atoms with E-state index in [1.807, 2.05) is 12.1 Å². The maximum atomic E-state index is 5.27. The molecule has 0 saturated carbocycles. The molecule has 3 nitrogen and oxygen atoms in total. The summed E-state index contributed by atoms with van der Waals surface area (Å²) >= 11 is 0. The number of fused-ring (bicyclic) bond motifs is 12. The topological polar surface area (TPSA) is 30.2 Å². The summed E-state index contributed by atoms with van der Waals surface area (Å²) < 4.78 is 2.34. The van der Waals surface area contributed by atoms with Crippen LogP contribution in [-0.2, 0) is 0 Å². The predicted molar refractivity (Wildman–Crippen MR) is 151 cm³/mol. The van der Waals surface area contributed by atoms with Gasteiger partial charge in [0.25, 0.3) is 0 Å². The molecule has 3 heteroatoms. The van der Waals surface area contributed by atoms with Gasteiger partial charge in [0.1, 0.15) is 5.52 Å². The highest BCUT2D eigenvalue weighted by Gasteiger charge is 2.22. The summed E-state index contributed by atoms with van der Waals surface area (Å²) in [6, 6.07) is 38.5. The molecule has 8 aromatic rings. The summed E-state index contributed by atoms with van der Waals surface area (Å²) in [5, 5.41) is 7.37. The first-order valence-electron chi connectivity index (χ1n) is 12.3. The summed E-state index contributed by atoms with van der Waals surface area (Å²) in [4.78, 5) is 10.5. The Balaban J connectivity index is 1.77. The van der Waals surface area contributed by atoms with E-state index >= 15 is 0 Å². The Kier molecular flexibility index (Phi) is 3.87. The molecule has 0 aliphatic rings. The minimum atomic E-state index is 0.892. The molecule has 168 valence electrons. The first kappa shape index (κ1) is 19.5. The molecule has 0 atom stereocenters. The zero-order chi connectivity index (χ0) is 23.8. The number of rotatable bonds is 1. The first-order chi connectivity index (χ1) is 17.8. The second-order valence-electron chi connectivity index (χ2n) is 9.49. The lowest BCUT2D eigenvalue weighted by molar-refractivity contribution is 1.21. The van der Waals surface area contributed by atoms with E-state index in [9.17, 15) is 0 Å². The molecular formula is C33H21N3. The van der Waals surface area contributed by atoms with Crippen molar-refractivity contribution >= 4 is 60.0 Å². The van der Waals surface area contributed by atoms with Gasteiger partial charge in [-0.2, -0.15) is 0 Å². The van der Waals surface area contributed by atoms with Crippen molar-refractivity contribution in [1.82, 2.24) is 14.4 Å². The van der Waals surface area contributed by atoms with Crippen molar-refractivity contribution in [3.8, 4) is 11.3 Å². The molecule has 0 radical (unpaired) electrons. The SMILES string of the molecule is Cc1cc(-c2ccccc2)n2c3nc4ccccc4nc3c3c4ccccc4c4ccccc4c3c12. The van der Waals surface area contributed by atoms with Crippen LogP contribution in [0.25, 0.3) is 71.3 Å². The Morgan fingerprint density at radius 1 is 0.556 bits per heavy atom. The van der Waals surface area contributed by atoms with Gasteiger partial charge in [0.05, 0.1) is 22.2 Å². The van der Waals surface area contributed by atoms with Gasteiger partial charge in [-0.3, -0.25) is 4.40 Å². The Morgan fingerprint density at radius 2 is 1.11 bits per heavy atom. The molecule has 0 bridgehead atoms. The molecule has 3 heterocycles. The van der Waals surface area contributed by atoms with Gasteiger partial charge < -0.3 is 0 Å². The number of hydrogen-bond donors (Lipinski definition) is 0. The monoisotopic (exact) mass is 459 g/mol. The zero-order valence-electron chi connectivity index (χ0n) is 19.7. The Morgan fingerprint density at radius 3 is 1.81 bits per heavy atom. The third kappa shape index (κ3) is 2.52. The molecule has 0 aliphatic carbocycles. The first-order valence-corrected chi connectivity index (χ1v) is 12.3. The molecule has 3 aromatic heterocycles. The number of para-hydroxylation sites is 2. The van der Waals surface area contributed by atoms with Crippen LogP contribution in [0, 0.1) is 6.92 Å². The van der Waals surface area contributed by atoms with Crippen LogP contribution in [0.2, 0.25) is 0 Å². The largest absolute Gasteiger partial charge is 0.292 e. The van der Waals surface area contributed by atoms with E-state index in [1.165, 1.54) is 49.0 Å². The molecule has 36 heavy (non-hydrogen) atoms. The summed E-state index contributed by atoms with van der Waals surface area (Å²) in [6.45, 7) is 2.21. The van der Waals surface area contributed by atoms with E-state index < -0.39 is 0 Å². The zero-order valence-corrected chi connectivity index (χ0v) is 19.7. The Hall–Kier alpha value is -4.76. The molecule has 0 spiro atoms. The smallest absolute Gasteiger partial charge is 0.165 e. The van der Waals surface area contributed by atoms with Crippen molar-refractivity contribution < 1.29 is 0 Å². The van der Waals surface area contributed by atoms with Crippen molar-refractivity contribution in [2.75, 3.05) is 0 Å². The second kappa shape index (κ2) is 7.12. The van der Waals surface area contributed by atoms with Crippen molar-refractivity contribution in [3.05, 3.63) is 115 Å². The molecule has 0 amide bonds. The van der Waals surface area contributed by atoms with Gasteiger partial charge in [0, 0.05) is 10.8 Å². The fourth-order valence-electron chi connectivity index (χ4n) is 5.93. The quantitative estimate of drug-likeness (QED) is 0.182. The lowest BCUT2D eigenvalue weighted by Crippen LogP contribution is -2.00. The number of aromatic nitrogens is 3. The maximum absolute atomic E-state index is 5.27. The van der Waals surface area contributed by atoms with Crippen LogP contribution in [0.3, 0.4) is 0 Å². The average molecular weight is 460 g/mol. The lowest BCUT2D eigenvalue weighted by Gasteiger charge is -2.16. The summed E-state index contributed by atoms with van der Waals surface area (Å²) in [7, 11) is 0. The summed E-state index contributed by atoms with van der Waals surface area (Å²) in [5.74, 6) is 0. The molecule has 8 rings (SSSR count). The highest BCUT2D eigenvalue weighted by atomic mass is 15.0. The van der Waals surface area contributed by atoms with Crippen LogP contribution in [0.5, 0.6) is 0 Å². The van der Waals surface area contributed by atoms with Gasteiger partial charge in [-0.25, -0.2) is 9.97 Å².